The molecule has 1 aromatic heterocycles. The largest absolute Gasteiger partial charge is 0.378 e. The van der Waals surface area contributed by atoms with Crippen molar-refractivity contribution in [1.29, 1.82) is 5.26 Å². The smallest absolute Gasteiger partial charge is 0.277 e. The normalized spacial score (nSPS) is 18.5. The molecule has 1 aromatic carbocycles. The van der Waals surface area contributed by atoms with E-state index in [0.717, 1.165) is 12.3 Å². The predicted octanol–water partition coefficient (Wildman–Crippen LogP) is 3.27. The van der Waals surface area contributed by atoms with Crippen LogP contribution in [0.3, 0.4) is 0 Å². The molecule has 0 bridgehead atoms. The van der Waals surface area contributed by atoms with Crippen LogP contribution in [0.15, 0.2) is 46.9 Å². The molecule has 0 spiro atoms. The van der Waals surface area contributed by atoms with Gasteiger partial charge in [-0.2, -0.15) is 5.26 Å². The summed E-state index contributed by atoms with van der Waals surface area (Å²) in [5.74, 6) is -2.27. The first-order valence-corrected chi connectivity index (χ1v) is 8.57. The summed E-state index contributed by atoms with van der Waals surface area (Å²) in [5.41, 5.74) is 4.67. The minimum Gasteiger partial charge on any atom is -0.378 e. The fraction of sp³-hybridized carbons (Fsp3) is 0.111. The minimum atomic E-state index is -1.03. The Bertz CT molecular complexity index is 1030. The molecule has 1 amide bonds. The van der Waals surface area contributed by atoms with Gasteiger partial charge in [0.2, 0.25) is 0 Å². The number of amides is 1. The number of amidine groups is 1. The number of nitrogens with two attached hydrogens (primary N) is 1. The zero-order valence-electron chi connectivity index (χ0n) is 14.0. The van der Waals surface area contributed by atoms with E-state index in [1.54, 1.807) is 24.5 Å². The number of hydrogen-bond donors (Lipinski definition) is 2. The van der Waals surface area contributed by atoms with Crippen molar-refractivity contribution in [2.45, 2.75) is 12.5 Å². The molecule has 27 heavy (non-hydrogen) atoms. The maximum absolute atomic E-state index is 14.4. The molecule has 0 unspecified atom stereocenters. The summed E-state index contributed by atoms with van der Waals surface area (Å²) in [6.45, 7) is 1.68. The van der Waals surface area contributed by atoms with Crippen molar-refractivity contribution >= 4 is 28.5 Å². The topological polar surface area (TPSA) is 104 Å². The molecule has 0 saturated carbocycles. The van der Waals surface area contributed by atoms with E-state index in [1.165, 1.54) is 30.0 Å². The first-order chi connectivity index (χ1) is 12.8. The highest BCUT2D eigenvalue weighted by molar-refractivity contribution is 8.16. The van der Waals surface area contributed by atoms with Gasteiger partial charge < -0.3 is 11.1 Å². The van der Waals surface area contributed by atoms with Gasteiger partial charge in [0, 0.05) is 17.4 Å². The number of carbonyl (C=O) groups is 1. The maximum Gasteiger partial charge on any atom is 0.277 e. The minimum absolute atomic E-state index is 0.00144. The molecule has 0 radical (unpaired) electrons. The van der Waals surface area contributed by atoms with E-state index < -0.39 is 28.8 Å². The molecule has 6 nitrogen and oxygen atoms in total. The van der Waals surface area contributed by atoms with Gasteiger partial charge in [0.15, 0.2) is 16.7 Å². The van der Waals surface area contributed by atoms with Crippen molar-refractivity contribution in [3.05, 3.63) is 70.4 Å². The SMILES string of the molecule is C[C@@]1(c2cc(NC(=O)c3ncc(C#N)cc3F)ccc2F)C=CSC(N)=N1. The van der Waals surface area contributed by atoms with Gasteiger partial charge in [-0.15, -0.1) is 0 Å². The third-order valence-electron chi connectivity index (χ3n) is 3.88. The van der Waals surface area contributed by atoms with Gasteiger partial charge in [-0.3, -0.25) is 4.79 Å². The number of rotatable bonds is 3. The summed E-state index contributed by atoms with van der Waals surface area (Å²) in [5, 5.41) is 13.2. The number of hydrogen-bond acceptors (Lipinski definition) is 6. The Hall–Kier alpha value is -3.25. The van der Waals surface area contributed by atoms with Crippen molar-refractivity contribution in [1.82, 2.24) is 4.98 Å². The number of carbonyl (C=O) groups excluding carboxylic acids is 1. The van der Waals surface area contributed by atoms with Gasteiger partial charge in [-0.05, 0) is 42.7 Å². The van der Waals surface area contributed by atoms with Crippen LogP contribution in [0.25, 0.3) is 0 Å². The summed E-state index contributed by atoms with van der Waals surface area (Å²) in [6.07, 6.45) is 2.79. The average Bonchev–Trinajstić information content (AvgIpc) is 2.62. The van der Waals surface area contributed by atoms with Crippen LogP contribution in [0.1, 0.15) is 28.5 Å². The molecule has 136 valence electrons. The second kappa shape index (κ2) is 7.17. The van der Waals surface area contributed by atoms with Crippen molar-refractivity contribution in [3.63, 3.8) is 0 Å². The van der Waals surface area contributed by atoms with Gasteiger partial charge in [0.25, 0.3) is 5.91 Å². The summed E-state index contributed by atoms with van der Waals surface area (Å²) in [4.78, 5) is 20.2. The van der Waals surface area contributed by atoms with Gasteiger partial charge in [0.1, 0.15) is 17.4 Å². The third-order valence-corrected chi connectivity index (χ3v) is 4.48. The van der Waals surface area contributed by atoms with E-state index >= 15 is 0 Å². The van der Waals surface area contributed by atoms with Crippen molar-refractivity contribution in [2.24, 2.45) is 10.7 Å². The Balaban J connectivity index is 1.91. The molecule has 1 aliphatic heterocycles. The Morgan fingerprint density at radius 1 is 1.33 bits per heavy atom. The molecule has 2 aromatic rings. The molecular formula is C18H13F2N5OS. The first kappa shape index (κ1) is 18.5. The van der Waals surface area contributed by atoms with E-state index in [1.807, 2.05) is 0 Å². The summed E-state index contributed by atoms with van der Waals surface area (Å²) < 4.78 is 28.3. The molecule has 3 N–H and O–H groups in total. The summed E-state index contributed by atoms with van der Waals surface area (Å²) in [7, 11) is 0. The standard InChI is InChI=1S/C18H13F2N5OS/c1-18(4-5-27-17(22)25-18)12-7-11(2-3-13(12)19)24-16(26)15-14(20)6-10(8-21)9-23-15/h2-7,9H,1H3,(H2,22,25)(H,24,26)/t18-/m0/s1. The predicted molar refractivity (Wildman–Crippen MR) is 99.0 cm³/mol. The van der Waals surface area contributed by atoms with Gasteiger partial charge in [0.05, 0.1) is 5.56 Å². The second-order valence-electron chi connectivity index (χ2n) is 5.83. The quantitative estimate of drug-likeness (QED) is 0.844. The van der Waals surface area contributed by atoms with Crippen LogP contribution < -0.4 is 11.1 Å². The van der Waals surface area contributed by atoms with Gasteiger partial charge in [-0.25, -0.2) is 18.8 Å². The maximum atomic E-state index is 14.4. The average molecular weight is 385 g/mol. The molecule has 1 atom stereocenters. The number of aliphatic imine (C=N–C) groups is 1. The molecular weight excluding hydrogens is 372 g/mol. The number of thioether (sulfide) groups is 1. The Morgan fingerprint density at radius 2 is 2.11 bits per heavy atom. The summed E-state index contributed by atoms with van der Waals surface area (Å²) >= 11 is 1.22. The molecule has 1 aliphatic rings. The second-order valence-corrected chi connectivity index (χ2v) is 6.76. The number of benzene rings is 1. The van der Waals surface area contributed by atoms with Crippen molar-refractivity contribution < 1.29 is 13.6 Å². The number of pyridine rings is 1. The van der Waals surface area contributed by atoms with Gasteiger partial charge >= 0.3 is 0 Å². The number of halogens is 2. The third kappa shape index (κ3) is 3.80. The van der Waals surface area contributed by atoms with E-state index in [0.29, 0.717) is 0 Å². The Morgan fingerprint density at radius 3 is 2.78 bits per heavy atom. The lowest BCUT2D eigenvalue weighted by Crippen LogP contribution is -2.25. The molecule has 0 fully saturated rings. The first-order valence-electron chi connectivity index (χ1n) is 7.69. The molecule has 0 saturated heterocycles. The van der Waals surface area contributed by atoms with Crippen LogP contribution in [0.2, 0.25) is 0 Å². The lowest BCUT2D eigenvalue weighted by atomic mass is 9.92. The van der Waals surface area contributed by atoms with Crippen LogP contribution in [-0.4, -0.2) is 16.1 Å². The number of aromatic nitrogens is 1. The van der Waals surface area contributed by atoms with E-state index in [2.05, 4.69) is 15.3 Å². The monoisotopic (exact) mass is 385 g/mol. The molecule has 2 heterocycles. The highest BCUT2D eigenvalue weighted by atomic mass is 32.2. The fourth-order valence-electron chi connectivity index (χ4n) is 2.53. The van der Waals surface area contributed by atoms with Crippen LogP contribution in [0, 0.1) is 23.0 Å². The van der Waals surface area contributed by atoms with E-state index in [4.69, 9.17) is 11.0 Å². The van der Waals surface area contributed by atoms with E-state index in [-0.39, 0.29) is 22.0 Å². The molecule has 3 rings (SSSR count). The van der Waals surface area contributed by atoms with Crippen LogP contribution in [0.4, 0.5) is 14.5 Å². The Labute approximate surface area is 157 Å². The van der Waals surface area contributed by atoms with Crippen LogP contribution in [-0.2, 0) is 5.54 Å². The number of nitriles is 1. The van der Waals surface area contributed by atoms with Crippen molar-refractivity contribution in [3.8, 4) is 6.07 Å². The molecule has 0 aliphatic carbocycles. The fourth-order valence-corrected chi connectivity index (χ4v) is 3.24. The molecule has 9 heteroatoms. The van der Waals surface area contributed by atoms with Crippen LogP contribution >= 0.6 is 11.8 Å². The number of nitrogens with one attached hydrogen (secondary N) is 1. The van der Waals surface area contributed by atoms with E-state index in [9.17, 15) is 13.6 Å². The van der Waals surface area contributed by atoms with Gasteiger partial charge in [-0.1, -0.05) is 11.8 Å². The van der Waals surface area contributed by atoms with Crippen molar-refractivity contribution in [2.75, 3.05) is 5.32 Å². The number of nitrogens with zero attached hydrogens (tertiary/aromatic N) is 3. The highest BCUT2D eigenvalue weighted by Gasteiger charge is 2.29. The zero-order chi connectivity index (χ0) is 19.6. The lowest BCUT2D eigenvalue weighted by Gasteiger charge is -2.26. The number of anilines is 1. The highest BCUT2D eigenvalue weighted by Crippen LogP contribution is 2.35. The summed E-state index contributed by atoms with van der Waals surface area (Å²) in [6, 6.07) is 6.58. The Kier molecular flexibility index (Phi) is 4.92. The van der Waals surface area contributed by atoms with Crippen LogP contribution in [0.5, 0.6) is 0 Å². The lowest BCUT2D eigenvalue weighted by molar-refractivity contribution is 0.101. The zero-order valence-corrected chi connectivity index (χ0v) is 14.8.